The van der Waals surface area contributed by atoms with E-state index >= 15 is 0 Å². The molecule has 0 unspecified atom stereocenters. The van der Waals surface area contributed by atoms with Gasteiger partial charge in [0.25, 0.3) is 11.8 Å². The molecule has 8 nitrogen and oxygen atoms in total. The van der Waals surface area contributed by atoms with Crippen LogP contribution in [0.5, 0.6) is 11.5 Å². The molecular formula is C25H22BrN3O5. The van der Waals surface area contributed by atoms with Crippen molar-refractivity contribution in [2.75, 3.05) is 13.2 Å². The highest BCUT2D eigenvalue weighted by atomic mass is 79.9. The monoisotopic (exact) mass is 523 g/mol. The molecule has 0 spiro atoms. The second kappa shape index (κ2) is 12.3. The number of hydrazone groups is 1. The molecule has 3 aromatic rings. The molecule has 0 aliphatic rings. The minimum Gasteiger partial charge on any atom is -0.494 e. The first-order valence-corrected chi connectivity index (χ1v) is 11.1. The van der Waals surface area contributed by atoms with Crippen LogP contribution in [0.4, 0.5) is 0 Å². The SMILES string of the molecule is CCOc1ccc(C(=O)NCC(=O)N/N=C/c2ccc(OC(=O)c3cccc(Br)c3)cc2)cc1. The van der Waals surface area contributed by atoms with Crippen LogP contribution in [-0.2, 0) is 4.79 Å². The van der Waals surface area contributed by atoms with E-state index in [1.165, 1.54) is 6.21 Å². The molecule has 0 aliphatic carbocycles. The van der Waals surface area contributed by atoms with E-state index in [9.17, 15) is 14.4 Å². The number of nitrogens with zero attached hydrogens (tertiary/aromatic N) is 1. The Balaban J connectivity index is 1.43. The summed E-state index contributed by atoms with van der Waals surface area (Å²) in [6.45, 7) is 2.18. The number of esters is 1. The predicted molar refractivity (Wildman–Crippen MR) is 131 cm³/mol. The fourth-order valence-corrected chi connectivity index (χ4v) is 3.15. The van der Waals surface area contributed by atoms with Crippen LogP contribution in [0.1, 0.15) is 33.2 Å². The molecule has 0 atom stereocenters. The van der Waals surface area contributed by atoms with Crippen LogP contribution in [0.2, 0.25) is 0 Å². The largest absolute Gasteiger partial charge is 0.494 e. The summed E-state index contributed by atoms with van der Waals surface area (Å²) in [5.41, 5.74) is 3.87. The van der Waals surface area contributed by atoms with Crippen molar-refractivity contribution in [2.45, 2.75) is 6.92 Å². The summed E-state index contributed by atoms with van der Waals surface area (Å²) in [7, 11) is 0. The predicted octanol–water partition coefficient (Wildman–Crippen LogP) is 3.95. The minimum atomic E-state index is -0.477. The second-order valence-electron chi connectivity index (χ2n) is 6.90. The molecule has 3 aromatic carbocycles. The van der Waals surface area contributed by atoms with Gasteiger partial charge in [-0.05, 0) is 79.2 Å². The smallest absolute Gasteiger partial charge is 0.343 e. The van der Waals surface area contributed by atoms with E-state index in [1.54, 1.807) is 66.7 Å². The Morgan fingerprint density at radius 1 is 0.941 bits per heavy atom. The summed E-state index contributed by atoms with van der Waals surface area (Å²) in [4.78, 5) is 36.2. The Morgan fingerprint density at radius 3 is 2.32 bits per heavy atom. The van der Waals surface area contributed by atoms with Gasteiger partial charge in [-0.15, -0.1) is 0 Å². The number of halogens is 1. The van der Waals surface area contributed by atoms with E-state index in [4.69, 9.17) is 9.47 Å². The van der Waals surface area contributed by atoms with E-state index < -0.39 is 11.9 Å². The molecule has 0 heterocycles. The third-order valence-electron chi connectivity index (χ3n) is 4.39. The van der Waals surface area contributed by atoms with Gasteiger partial charge in [-0.2, -0.15) is 5.10 Å². The molecule has 0 bridgehead atoms. The third-order valence-corrected chi connectivity index (χ3v) is 4.88. The molecule has 0 saturated heterocycles. The Bertz CT molecular complexity index is 1180. The zero-order valence-corrected chi connectivity index (χ0v) is 19.9. The van der Waals surface area contributed by atoms with Crippen molar-refractivity contribution < 1.29 is 23.9 Å². The van der Waals surface area contributed by atoms with Crippen LogP contribution < -0.4 is 20.2 Å². The molecule has 2 amide bonds. The van der Waals surface area contributed by atoms with Crippen LogP contribution in [0.25, 0.3) is 0 Å². The van der Waals surface area contributed by atoms with Crippen LogP contribution in [0.3, 0.4) is 0 Å². The van der Waals surface area contributed by atoms with Crippen molar-refractivity contribution in [3.05, 3.63) is 94.0 Å². The Labute approximate surface area is 205 Å². The van der Waals surface area contributed by atoms with E-state index in [0.29, 0.717) is 34.8 Å². The van der Waals surface area contributed by atoms with Crippen molar-refractivity contribution >= 4 is 39.9 Å². The van der Waals surface area contributed by atoms with E-state index in [-0.39, 0.29) is 12.5 Å². The van der Waals surface area contributed by atoms with Crippen LogP contribution >= 0.6 is 15.9 Å². The van der Waals surface area contributed by atoms with Crippen molar-refractivity contribution in [3.8, 4) is 11.5 Å². The average molecular weight is 524 g/mol. The van der Waals surface area contributed by atoms with E-state index in [2.05, 4.69) is 31.8 Å². The molecule has 0 aliphatic heterocycles. The van der Waals surface area contributed by atoms with Crippen LogP contribution in [0, 0.1) is 0 Å². The van der Waals surface area contributed by atoms with Gasteiger partial charge in [-0.3, -0.25) is 9.59 Å². The first kappa shape index (κ1) is 24.7. The lowest BCUT2D eigenvalue weighted by atomic mass is 10.2. The maximum atomic E-state index is 12.2. The summed E-state index contributed by atoms with van der Waals surface area (Å²) in [6, 6.07) is 20.1. The summed E-state index contributed by atoms with van der Waals surface area (Å²) in [5.74, 6) is -0.280. The van der Waals surface area contributed by atoms with Gasteiger partial charge in [0.1, 0.15) is 11.5 Å². The summed E-state index contributed by atoms with van der Waals surface area (Å²) in [5, 5.41) is 6.39. The fraction of sp³-hybridized carbons (Fsp3) is 0.120. The lowest BCUT2D eigenvalue weighted by Crippen LogP contribution is -2.34. The maximum Gasteiger partial charge on any atom is 0.343 e. The van der Waals surface area contributed by atoms with Gasteiger partial charge in [-0.25, -0.2) is 10.2 Å². The van der Waals surface area contributed by atoms with Crippen molar-refractivity contribution in [1.82, 2.24) is 10.7 Å². The number of ether oxygens (including phenoxy) is 2. The topological polar surface area (TPSA) is 106 Å². The third kappa shape index (κ3) is 7.56. The summed E-state index contributed by atoms with van der Waals surface area (Å²) >= 11 is 3.32. The molecule has 0 saturated carbocycles. The van der Waals surface area contributed by atoms with Gasteiger partial charge < -0.3 is 14.8 Å². The quantitative estimate of drug-likeness (QED) is 0.191. The molecule has 3 rings (SSSR count). The Kier molecular flexibility index (Phi) is 8.93. The van der Waals surface area contributed by atoms with Crippen LogP contribution in [-0.4, -0.2) is 37.1 Å². The zero-order valence-electron chi connectivity index (χ0n) is 18.3. The molecule has 9 heteroatoms. The number of amides is 2. The highest BCUT2D eigenvalue weighted by Crippen LogP contribution is 2.16. The molecule has 174 valence electrons. The van der Waals surface area contributed by atoms with Crippen molar-refractivity contribution in [2.24, 2.45) is 5.10 Å². The molecule has 0 aromatic heterocycles. The number of rotatable bonds is 9. The fourth-order valence-electron chi connectivity index (χ4n) is 2.75. The standard InChI is InChI=1S/C25H22BrN3O5/c1-2-33-21-12-8-18(9-13-21)24(31)27-16-23(30)29-28-15-17-6-10-22(11-7-17)34-25(32)19-4-3-5-20(26)14-19/h3-15H,2,16H2,1H3,(H,27,31)(H,29,30)/b28-15+. The van der Waals surface area contributed by atoms with Gasteiger partial charge in [0.2, 0.25) is 0 Å². The Morgan fingerprint density at radius 2 is 1.65 bits per heavy atom. The van der Waals surface area contributed by atoms with Gasteiger partial charge in [-0.1, -0.05) is 22.0 Å². The minimum absolute atomic E-state index is 0.228. The summed E-state index contributed by atoms with van der Waals surface area (Å²) < 4.78 is 11.5. The van der Waals surface area contributed by atoms with Gasteiger partial charge in [0.05, 0.1) is 24.9 Å². The van der Waals surface area contributed by atoms with Gasteiger partial charge >= 0.3 is 5.97 Å². The number of benzene rings is 3. The number of carbonyl (C=O) groups excluding carboxylic acids is 3. The molecule has 2 N–H and O–H groups in total. The zero-order chi connectivity index (χ0) is 24.3. The maximum absolute atomic E-state index is 12.2. The van der Waals surface area contributed by atoms with Gasteiger partial charge in [0.15, 0.2) is 0 Å². The Hall–Kier alpha value is -3.98. The molecule has 0 fully saturated rings. The van der Waals surface area contributed by atoms with Crippen molar-refractivity contribution in [1.29, 1.82) is 0 Å². The first-order valence-electron chi connectivity index (χ1n) is 10.4. The highest BCUT2D eigenvalue weighted by Gasteiger charge is 2.09. The number of carbonyl (C=O) groups is 3. The lowest BCUT2D eigenvalue weighted by molar-refractivity contribution is -0.120. The average Bonchev–Trinajstić information content (AvgIpc) is 2.84. The lowest BCUT2D eigenvalue weighted by Gasteiger charge is -2.06. The first-order chi connectivity index (χ1) is 16.4. The number of hydrogen-bond acceptors (Lipinski definition) is 6. The second-order valence-corrected chi connectivity index (χ2v) is 7.82. The molecule has 0 radical (unpaired) electrons. The molecule has 34 heavy (non-hydrogen) atoms. The highest BCUT2D eigenvalue weighted by molar-refractivity contribution is 9.10. The van der Waals surface area contributed by atoms with E-state index in [1.807, 2.05) is 13.0 Å². The molecular weight excluding hydrogens is 502 g/mol. The van der Waals surface area contributed by atoms with Crippen LogP contribution in [0.15, 0.2) is 82.4 Å². The summed E-state index contributed by atoms with van der Waals surface area (Å²) in [6.07, 6.45) is 1.44. The van der Waals surface area contributed by atoms with E-state index in [0.717, 1.165) is 4.47 Å². The number of hydrogen-bond donors (Lipinski definition) is 2. The number of nitrogens with one attached hydrogen (secondary N) is 2. The van der Waals surface area contributed by atoms with Crippen molar-refractivity contribution in [3.63, 3.8) is 0 Å². The van der Waals surface area contributed by atoms with Gasteiger partial charge in [0, 0.05) is 10.0 Å². The normalized spacial score (nSPS) is 10.5.